The van der Waals surface area contributed by atoms with Crippen molar-refractivity contribution in [3.05, 3.63) is 47.9 Å². The molecule has 38 heavy (non-hydrogen) atoms. The third kappa shape index (κ3) is 4.43. The number of fused-ring (bicyclic) bond motifs is 1. The summed E-state index contributed by atoms with van der Waals surface area (Å²) in [5.41, 5.74) is 3.06. The van der Waals surface area contributed by atoms with Gasteiger partial charge in [0.2, 0.25) is 0 Å². The number of hydrogen-bond donors (Lipinski definition) is 1. The Kier molecular flexibility index (Phi) is 6.35. The molecule has 1 aliphatic carbocycles. The van der Waals surface area contributed by atoms with Crippen molar-refractivity contribution >= 4 is 32.3 Å². The number of urea groups is 1. The summed E-state index contributed by atoms with van der Waals surface area (Å²) in [6.45, 7) is 7.90. The normalized spacial score (nSPS) is 21.2. The number of imidazole rings is 1. The van der Waals surface area contributed by atoms with Crippen LogP contribution in [-0.4, -0.2) is 65.4 Å². The highest BCUT2D eigenvalue weighted by Gasteiger charge is 2.64. The third-order valence-electron chi connectivity index (χ3n) is 8.65. The van der Waals surface area contributed by atoms with Crippen molar-refractivity contribution in [3.8, 4) is 11.1 Å². The van der Waals surface area contributed by atoms with Crippen LogP contribution < -0.4 is 10.2 Å². The van der Waals surface area contributed by atoms with Crippen LogP contribution >= 0.6 is 9.24 Å². The van der Waals surface area contributed by atoms with E-state index in [1.165, 1.54) is 0 Å². The number of aromatic nitrogens is 2. The van der Waals surface area contributed by atoms with Gasteiger partial charge in [0, 0.05) is 61.4 Å². The van der Waals surface area contributed by atoms with Crippen LogP contribution in [-0.2, 0) is 4.74 Å². The fourth-order valence-electron chi connectivity index (χ4n) is 6.24. The lowest BCUT2D eigenvalue weighted by molar-refractivity contribution is -0.00913. The Balaban J connectivity index is 1.26. The van der Waals surface area contributed by atoms with Gasteiger partial charge in [0.1, 0.15) is 0 Å². The molecule has 3 aromatic rings. The molecule has 1 N–H and O–H groups in total. The predicted molar refractivity (Wildman–Crippen MR) is 148 cm³/mol. The molecule has 2 atom stereocenters. The van der Waals surface area contributed by atoms with Gasteiger partial charge in [0.25, 0.3) is 5.66 Å². The molecular weight excluding hydrogens is 507 g/mol. The molecule has 3 fully saturated rings. The van der Waals surface area contributed by atoms with E-state index in [2.05, 4.69) is 40.5 Å². The highest BCUT2D eigenvalue weighted by Crippen LogP contribution is 2.65. The molecule has 4 heterocycles. The second-order valence-corrected chi connectivity index (χ2v) is 11.7. The van der Waals surface area contributed by atoms with Gasteiger partial charge < -0.3 is 24.3 Å². The Hall–Kier alpha value is -2.77. The number of morpholine rings is 1. The summed E-state index contributed by atoms with van der Waals surface area (Å²) in [6, 6.07) is 6.04. The third-order valence-corrected chi connectivity index (χ3v) is 9.23. The number of rotatable bonds is 5. The molecule has 2 saturated heterocycles. The Morgan fingerprint density at radius 2 is 1.92 bits per heavy atom. The Labute approximate surface area is 223 Å². The van der Waals surface area contributed by atoms with Crippen molar-refractivity contribution in [1.29, 1.82) is 0 Å². The van der Waals surface area contributed by atoms with Gasteiger partial charge in [0.15, 0.2) is 5.65 Å². The van der Waals surface area contributed by atoms with Crippen LogP contribution in [0.5, 0.6) is 0 Å². The van der Waals surface area contributed by atoms with Crippen molar-refractivity contribution in [3.63, 3.8) is 0 Å². The summed E-state index contributed by atoms with van der Waals surface area (Å²) >= 11 is 0. The van der Waals surface area contributed by atoms with E-state index in [1.807, 2.05) is 23.6 Å². The van der Waals surface area contributed by atoms with E-state index in [1.54, 1.807) is 20.3 Å². The molecule has 1 aromatic carbocycles. The van der Waals surface area contributed by atoms with Crippen molar-refractivity contribution < 1.29 is 18.3 Å². The molecule has 2 unspecified atom stereocenters. The van der Waals surface area contributed by atoms with Gasteiger partial charge >= 0.3 is 6.03 Å². The van der Waals surface area contributed by atoms with Crippen LogP contribution in [0.3, 0.4) is 0 Å². The van der Waals surface area contributed by atoms with Crippen LogP contribution in [0.2, 0.25) is 0 Å². The SMILES string of the molecule is Cc1cc(C)c(-c2cc(N3CCOCC3)c3nccn3c2)cc1NC(=O)N1CCC(C2(C(F)(F)P)CC2)C1. The molecule has 2 aromatic heterocycles. The van der Waals surface area contributed by atoms with E-state index in [0.717, 1.165) is 52.4 Å². The minimum Gasteiger partial charge on any atom is -0.378 e. The number of benzene rings is 1. The molecular formula is C28H34F2N5O2P. The second kappa shape index (κ2) is 9.45. The first-order valence-corrected chi connectivity index (χ1v) is 13.9. The minimum atomic E-state index is -2.79. The lowest BCUT2D eigenvalue weighted by atomic mass is 9.88. The number of carbonyl (C=O) groups excluding carboxylic acids is 1. The van der Waals surface area contributed by atoms with E-state index in [0.29, 0.717) is 45.6 Å². The minimum absolute atomic E-state index is 0.170. The second-order valence-electron chi connectivity index (χ2n) is 11.0. The number of ether oxygens (including phenoxy) is 1. The fourth-order valence-corrected chi connectivity index (χ4v) is 6.76. The Morgan fingerprint density at radius 3 is 2.63 bits per heavy atom. The topological polar surface area (TPSA) is 62.1 Å². The van der Waals surface area contributed by atoms with Gasteiger partial charge in [-0.1, -0.05) is 15.3 Å². The molecule has 10 heteroatoms. The van der Waals surface area contributed by atoms with Crippen molar-refractivity contribution in [2.45, 2.75) is 38.8 Å². The van der Waals surface area contributed by atoms with Crippen molar-refractivity contribution in [1.82, 2.24) is 14.3 Å². The zero-order chi connectivity index (χ0) is 26.7. The molecule has 3 aliphatic rings. The number of likely N-dealkylation sites (tertiary alicyclic amines) is 1. The molecule has 1 saturated carbocycles. The van der Waals surface area contributed by atoms with E-state index >= 15 is 0 Å². The van der Waals surface area contributed by atoms with Crippen LogP contribution in [0.1, 0.15) is 30.4 Å². The van der Waals surface area contributed by atoms with Crippen LogP contribution in [0.15, 0.2) is 36.8 Å². The smallest absolute Gasteiger partial charge is 0.321 e. The first-order chi connectivity index (χ1) is 18.2. The summed E-state index contributed by atoms with van der Waals surface area (Å²) in [4.78, 5) is 21.8. The largest absolute Gasteiger partial charge is 0.378 e. The number of amides is 2. The maximum Gasteiger partial charge on any atom is 0.321 e. The molecule has 2 amide bonds. The number of nitrogens with zero attached hydrogens (tertiary/aromatic N) is 4. The van der Waals surface area contributed by atoms with Crippen molar-refractivity contribution in [2.24, 2.45) is 11.3 Å². The maximum absolute atomic E-state index is 14.2. The van der Waals surface area contributed by atoms with Crippen molar-refractivity contribution in [2.75, 3.05) is 49.6 Å². The zero-order valence-corrected chi connectivity index (χ0v) is 23.0. The van der Waals surface area contributed by atoms with Crippen LogP contribution in [0.25, 0.3) is 16.8 Å². The van der Waals surface area contributed by atoms with Crippen LogP contribution in [0.4, 0.5) is 25.0 Å². The summed E-state index contributed by atoms with van der Waals surface area (Å²) in [5, 5.41) is 3.08. The summed E-state index contributed by atoms with van der Waals surface area (Å²) < 4.78 is 36.1. The fraction of sp³-hybridized carbons (Fsp3) is 0.500. The quantitative estimate of drug-likeness (QED) is 0.430. The Bertz CT molecular complexity index is 1380. The molecule has 202 valence electrons. The van der Waals surface area contributed by atoms with Gasteiger partial charge in [-0.2, -0.15) is 0 Å². The number of aryl methyl sites for hydroxylation is 2. The van der Waals surface area contributed by atoms with E-state index in [-0.39, 0.29) is 11.9 Å². The van der Waals surface area contributed by atoms with Gasteiger partial charge in [-0.3, -0.25) is 0 Å². The van der Waals surface area contributed by atoms with E-state index < -0.39 is 11.1 Å². The number of alkyl halides is 2. The highest BCUT2D eigenvalue weighted by atomic mass is 31.0. The van der Waals surface area contributed by atoms with Gasteiger partial charge in [0.05, 0.1) is 18.9 Å². The molecule has 2 aliphatic heterocycles. The zero-order valence-electron chi connectivity index (χ0n) is 21.8. The Morgan fingerprint density at radius 1 is 1.16 bits per heavy atom. The van der Waals surface area contributed by atoms with Gasteiger partial charge in [-0.15, -0.1) is 0 Å². The number of halogens is 2. The highest BCUT2D eigenvalue weighted by molar-refractivity contribution is 7.18. The van der Waals surface area contributed by atoms with E-state index in [4.69, 9.17) is 4.74 Å². The van der Waals surface area contributed by atoms with Crippen LogP contribution in [0, 0.1) is 25.2 Å². The van der Waals surface area contributed by atoms with Gasteiger partial charge in [-0.25, -0.2) is 18.6 Å². The maximum atomic E-state index is 14.2. The molecule has 0 spiro atoms. The number of anilines is 2. The number of carbonyl (C=O) groups is 1. The predicted octanol–water partition coefficient (Wildman–Crippen LogP) is 5.56. The average molecular weight is 542 g/mol. The number of pyridine rings is 1. The summed E-state index contributed by atoms with van der Waals surface area (Å²) in [7, 11) is 1.73. The number of hydrogen-bond acceptors (Lipinski definition) is 4. The number of nitrogens with one attached hydrogen (secondary N) is 1. The molecule has 0 radical (unpaired) electrons. The first kappa shape index (κ1) is 25.5. The first-order valence-electron chi connectivity index (χ1n) is 13.3. The molecule has 6 rings (SSSR count). The molecule has 0 bridgehead atoms. The van der Waals surface area contributed by atoms with E-state index in [9.17, 15) is 13.6 Å². The van der Waals surface area contributed by atoms with Gasteiger partial charge in [-0.05, 0) is 67.9 Å². The monoisotopic (exact) mass is 541 g/mol. The summed E-state index contributed by atoms with van der Waals surface area (Å²) in [5.74, 6) is -0.170. The average Bonchev–Trinajstić information content (AvgIpc) is 3.33. The standard InChI is InChI=1S/C28H34F2N5O2P/c1-18-13-19(2)23(32-26(36)35-7-3-21(17-35)27(4-5-27)28(29,30)38)15-22(18)20-14-24(33-9-11-37-12-10-33)25-31-6-8-34(25)16-20/h6,8,13-16,21H,3-5,7,9-12,17,38H2,1-2H3,(H,32,36). The lowest BCUT2D eigenvalue weighted by Crippen LogP contribution is -2.37. The summed E-state index contributed by atoms with van der Waals surface area (Å²) in [6.07, 6.45) is 7.49. The lowest BCUT2D eigenvalue weighted by Gasteiger charge is -2.29. The molecule has 7 nitrogen and oxygen atoms in total.